The summed E-state index contributed by atoms with van der Waals surface area (Å²) in [4.78, 5) is 11.4. The van der Waals surface area contributed by atoms with Crippen LogP contribution in [0.25, 0.3) is 0 Å². The van der Waals surface area contributed by atoms with Gasteiger partial charge in [-0.05, 0) is 30.7 Å². The Morgan fingerprint density at radius 3 is 2.63 bits per heavy atom. The molecule has 1 amide bonds. The fourth-order valence-electron chi connectivity index (χ4n) is 1.81. The lowest BCUT2D eigenvalue weighted by Crippen LogP contribution is -2.19. The van der Waals surface area contributed by atoms with Crippen molar-refractivity contribution in [3.63, 3.8) is 0 Å². The van der Waals surface area contributed by atoms with Crippen molar-refractivity contribution in [1.29, 1.82) is 0 Å². The maximum atomic E-state index is 11.4. The van der Waals surface area contributed by atoms with Crippen LogP contribution >= 0.6 is 0 Å². The molecule has 1 aromatic heterocycles. The van der Waals surface area contributed by atoms with E-state index in [4.69, 9.17) is 0 Å². The van der Waals surface area contributed by atoms with Crippen LogP contribution in [0, 0.1) is 0 Å². The van der Waals surface area contributed by atoms with E-state index in [0.29, 0.717) is 5.56 Å². The average molecular weight is 258 g/mol. The van der Waals surface area contributed by atoms with Gasteiger partial charge in [0.05, 0.1) is 5.69 Å². The summed E-state index contributed by atoms with van der Waals surface area (Å²) in [5.41, 5.74) is 2.87. The van der Waals surface area contributed by atoms with E-state index in [2.05, 4.69) is 27.8 Å². The smallest absolute Gasteiger partial charge is 0.251 e. The molecule has 1 unspecified atom stereocenters. The zero-order valence-corrected chi connectivity index (χ0v) is 11.1. The second-order valence-corrected chi connectivity index (χ2v) is 4.39. The summed E-state index contributed by atoms with van der Waals surface area (Å²) >= 11 is 0. The number of carbonyl (C=O) groups is 1. The minimum Gasteiger partial charge on any atom is -0.355 e. The zero-order chi connectivity index (χ0) is 13.7. The van der Waals surface area contributed by atoms with Crippen molar-refractivity contribution < 1.29 is 4.79 Å². The Balaban J connectivity index is 1.91. The molecule has 0 aliphatic rings. The number of carbonyl (C=O) groups excluding carboxylic acids is 1. The van der Waals surface area contributed by atoms with Crippen LogP contribution in [0.2, 0.25) is 0 Å². The van der Waals surface area contributed by atoms with Crippen LogP contribution in [0.1, 0.15) is 34.6 Å². The van der Waals surface area contributed by atoms with Crippen molar-refractivity contribution in [2.75, 3.05) is 7.05 Å². The van der Waals surface area contributed by atoms with Gasteiger partial charge in [0.2, 0.25) is 0 Å². The molecule has 5 nitrogen and oxygen atoms in total. The number of benzene rings is 1. The van der Waals surface area contributed by atoms with Crippen molar-refractivity contribution in [2.24, 2.45) is 0 Å². The van der Waals surface area contributed by atoms with Gasteiger partial charge in [0.1, 0.15) is 0 Å². The third-order valence-electron chi connectivity index (χ3n) is 3.04. The summed E-state index contributed by atoms with van der Waals surface area (Å²) in [6, 6.07) is 9.73. The number of aromatic nitrogens is 2. The summed E-state index contributed by atoms with van der Waals surface area (Å²) < 4.78 is 0. The number of H-pyrrole nitrogens is 1. The molecule has 0 bridgehead atoms. The van der Waals surface area contributed by atoms with Crippen LogP contribution in [0.3, 0.4) is 0 Å². The van der Waals surface area contributed by atoms with Gasteiger partial charge in [-0.25, -0.2) is 0 Å². The third-order valence-corrected chi connectivity index (χ3v) is 3.04. The molecule has 0 saturated heterocycles. The minimum absolute atomic E-state index is 0.0645. The second-order valence-electron chi connectivity index (χ2n) is 4.39. The van der Waals surface area contributed by atoms with Gasteiger partial charge in [0.15, 0.2) is 0 Å². The number of rotatable bonds is 5. The van der Waals surface area contributed by atoms with E-state index in [9.17, 15) is 4.79 Å². The molecule has 1 heterocycles. The lowest BCUT2D eigenvalue weighted by Gasteiger charge is -2.12. The van der Waals surface area contributed by atoms with E-state index < -0.39 is 0 Å². The highest BCUT2D eigenvalue weighted by molar-refractivity contribution is 5.93. The lowest BCUT2D eigenvalue weighted by molar-refractivity contribution is 0.0963. The average Bonchev–Trinajstić information content (AvgIpc) is 2.98. The Morgan fingerprint density at radius 2 is 2.05 bits per heavy atom. The minimum atomic E-state index is -0.0645. The van der Waals surface area contributed by atoms with Crippen LogP contribution in [0.5, 0.6) is 0 Å². The molecular weight excluding hydrogens is 240 g/mol. The van der Waals surface area contributed by atoms with Gasteiger partial charge in [0, 0.05) is 31.4 Å². The number of amides is 1. The molecule has 0 fully saturated rings. The maximum absolute atomic E-state index is 11.4. The molecule has 3 N–H and O–H groups in total. The van der Waals surface area contributed by atoms with E-state index in [0.717, 1.165) is 17.8 Å². The Kier molecular flexibility index (Phi) is 4.30. The molecule has 2 aromatic rings. The molecule has 0 aliphatic carbocycles. The van der Waals surface area contributed by atoms with Gasteiger partial charge in [-0.1, -0.05) is 12.1 Å². The standard InChI is InChI=1S/C14H18N4O/c1-10(13-7-8-17-18-13)16-9-11-3-5-12(6-4-11)14(19)15-2/h3-8,10,16H,9H2,1-2H3,(H,15,19)(H,17,18). The number of hydrogen-bond donors (Lipinski definition) is 3. The molecule has 0 radical (unpaired) electrons. The molecule has 5 heteroatoms. The van der Waals surface area contributed by atoms with Crippen LogP contribution < -0.4 is 10.6 Å². The Labute approximate surface area is 112 Å². The van der Waals surface area contributed by atoms with Crippen molar-refractivity contribution in [2.45, 2.75) is 19.5 Å². The molecule has 0 spiro atoms. The van der Waals surface area contributed by atoms with E-state index in [-0.39, 0.29) is 11.9 Å². The third kappa shape index (κ3) is 3.42. The highest BCUT2D eigenvalue weighted by Gasteiger charge is 2.06. The predicted molar refractivity (Wildman–Crippen MR) is 73.7 cm³/mol. The van der Waals surface area contributed by atoms with E-state index >= 15 is 0 Å². The fourth-order valence-corrected chi connectivity index (χ4v) is 1.81. The Bertz CT molecular complexity index is 519. The summed E-state index contributed by atoms with van der Waals surface area (Å²) in [6.45, 7) is 2.82. The normalized spacial score (nSPS) is 12.1. The first-order valence-electron chi connectivity index (χ1n) is 6.24. The molecule has 1 atom stereocenters. The van der Waals surface area contributed by atoms with Gasteiger partial charge >= 0.3 is 0 Å². The quantitative estimate of drug-likeness (QED) is 0.763. The topological polar surface area (TPSA) is 69.8 Å². The van der Waals surface area contributed by atoms with Crippen molar-refractivity contribution in [3.05, 3.63) is 53.3 Å². The Morgan fingerprint density at radius 1 is 1.32 bits per heavy atom. The SMILES string of the molecule is CNC(=O)c1ccc(CNC(C)c2ccn[nH]2)cc1. The first kappa shape index (κ1) is 13.3. The van der Waals surface area contributed by atoms with Gasteiger partial charge in [-0.15, -0.1) is 0 Å². The highest BCUT2D eigenvalue weighted by Crippen LogP contribution is 2.10. The summed E-state index contributed by atoms with van der Waals surface area (Å²) in [7, 11) is 1.63. The van der Waals surface area contributed by atoms with Crippen LogP contribution in [-0.2, 0) is 6.54 Å². The molecule has 100 valence electrons. The van der Waals surface area contributed by atoms with E-state index in [1.165, 1.54) is 0 Å². The van der Waals surface area contributed by atoms with Crippen LogP contribution in [-0.4, -0.2) is 23.2 Å². The molecule has 19 heavy (non-hydrogen) atoms. The molecule has 2 rings (SSSR count). The van der Waals surface area contributed by atoms with Crippen molar-refractivity contribution in [1.82, 2.24) is 20.8 Å². The van der Waals surface area contributed by atoms with Crippen LogP contribution in [0.4, 0.5) is 0 Å². The highest BCUT2D eigenvalue weighted by atomic mass is 16.1. The van der Waals surface area contributed by atoms with E-state index in [1.807, 2.05) is 30.3 Å². The van der Waals surface area contributed by atoms with Gasteiger partial charge in [-0.3, -0.25) is 9.89 Å². The van der Waals surface area contributed by atoms with Gasteiger partial charge in [0.25, 0.3) is 5.91 Å². The number of hydrogen-bond acceptors (Lipinski definition) is 3. The second kappa shape index (κ2) is 6.15. The Hall–Kier alpha value is -2.14. The largest absolute Gasteiger partial charge is 0.355 e. The number of nitrogens with zero attached hydrogens (tertiary/aromatic N) is 1. The first-order valence-corrected chi connectivity index (χ1v) is 6.24. The summed E-state index contributed by atoms with van der Waals surface area (Å²) in [5, 5.41) is 12.9. The fraction of sp³-hybridized carbons (Fsp3) is 0.286. The molecule has 0 saturated carbocycles. The molecular formula is C14H18N4O. The van der Waals surface area contributed by atoms with Crippen LogP contribution in [0.15, 0.2) is 36.5 Å². The lowest BCUT2D eigenvalue weighted by atomic mass is 10.1. The maximum Gasteiger partial charge on any atom is 0.251 e. The first-order chi connectivity index (χ1) is 9.20. The monoisotopic (exact) mass is 258 g/mol. The summed E-state index contributed by atoms with van der Waals surface area (Å²) in [5.74, 6) is -0.0645. The zero-order valence-electron chi connectivity index (χ0n) is 11.1. The predicted octanol–water partition coefficient (Wildman–Crippen LogP) is 1.62. The molecule has 0 aliphatic heterocycles. The molecule has 1 aromatic carbocycles. The summed E-state index contributed by atoms with van der Waals surface area (Å²) in [6.07, 6.45) is 1.74. The number of nitrogens with one attached hydrogen (secondary N) is 3. The van der Waals surface area contributed by atoms with Crippen molar-refractivity contribution in [3.8, 4) is 0 Å². The van der Waals surface area contributed by atoms with Gasteiger partial charge < -0.3 is 10.6 Å². The number of aromatic amines is 1. The van der Waals surface area contributed by atoms with Gasteiger partial charge in [-0.2, -0.15) is 5.10 Å². The van der Waals surface area contributed by atoms with Crippen molar-refractivity contribution >= 4 is 5.91 Å². The van der Waals surface area contributed by atoms with E-state index in [1.54, 1.807) is 13.2 Å².